The molecule has 200 valence electrons. The number of fused-ring (bicyclic) bond motifs is 1. The fraction of sp³-hybridized carbons (Fsp3) is 0.355. The smallest absolute Gasteiger partial charge is 0.255 e. The zero-order valence-corrected chi connectivity index (χ0v) is 23.1. The molecule has 1 aliphatic heterocycles. The Labute approximate surface area is 229 Å². The molecule has 0 atom stereocenters. The first-order valence-corrected chi connectivity index (χ1v) is 13.5. The largest absolute Gasteiger partial charge is 0.494 e. The van der Waals surface area contributed by atoms with E-state index in [0.29, 0.717) is 36.6 Å². The van der Waals surface area contributed by atoms with Crippen molar-refractivity contribution in [1.29, 1.82) is 0 Å². The van der Waals surface area contributed by atoms with Crippen LogP contribution in [-0.4, -0.2) is 32.1 Å². The van der Waals surface area contributed by atoms with Crippen LogP contribution >= 0.6 is 11.6 Å². The Kier molecular flexibility index (Phi) is 9.29. The summed E-state index contributed by atoms with van der Waals surface area (Å²) in [5.74, 6) is 1.51. The lowest BCUT2D eigenvalue weighted by molar-refractivity contribution is -0.118. The molecule has 3 aromatic rings. The number of hydrogen-bond donors (Lipinski definition) is 1. The number of rotatable bonds is 11. The summed E-state index contributed by atoms with van der Waals surface area (Å²) in [7, 11) is 1.79. The Balaban J connectivity index is 1.22. The van der Waals surface area contributed by atoms with Gasteiger partial charge in [-0.1, -0.05) is 11.6 Å². The minimum absolute atomic E-state index is 0.0943. The van der Waals surface area contributed by atoms with Crippen molar-refractivity contribution >= 4 is 34.8 Å². The highest BCUT2D eigenvalue weighted by atomic mass is 35.5. The molecule has 7 heteroatoms. The van der Waals surface area contributed by atoms with E-state index in [0.717, 1.165) is 65.2 Å². The van der Waals surface area contributed by atoms with Gasteiger partial charge in [0.1, 0.15) is 11.5 Å². The van der Waals surface area contributed by atoms with Gasteiger partial charge in [0.25, 0.3) is 5.91 Å². The van der Waals surface area contributed by atoms with Crippen molar-refractivity contribution in [3.8, 4) is 11.5 Å². The van der Waals surface area contributed by atoms with E-state index >= 15 is 0 Å². The van der Waals surface area contributed by atoms with Crippen LogP contribution < -0.4 is 19.7 Å². The van der Waals surface area contributed by atoms with Gasteiger partial charge in [-0.2, -0.15) is 0 Å². The van der Waals surface area contributed by atoms with Crippen LogP contribution in [0.4, 0.5) is 11.4 Å². The van der Waals surface area contributed by atoms with Crippen molar-refractivity contribution in [2.24, 2.45) is 0 Å². The number of nitrogens with zero attached hydrogens (tertiary/aromatic N) is 1. The monoisotopic (exact) mass is 534 g/mol. The molecule has 0 unspecified atom stereocenters. The van der Waals surface area contributed by atoms with Gasteiger partial charge < -0.3 is 19.7 Å². The summed E-state index contributed by atoms with van der Waals surface area (Å²) in [6.45, 7) is 5.32. The fourth-order valence-corrected chi connectivity index (χ4v) is 4.69. The maximum absolute atomic E-state index is 13.1. The highest BCUT2D eigenvalue weighted by Crippen LogP contribution is 2.37. The number of halogens is 1. The molecule has 1 heterocycles. The zero-order valence-electron chi connectivity index (χ0n) is 22.3. The maximum Gasteiger partial charge on any atom is 0.255 e. The van der Waals surface area contributed by atoms with Crippen molar-refractivity contribution in [3.63, 3.8) is 0 Å². The van der Waals surface area contributed by atoms with Gasteiger partial charge in [0.2, 0.25) is 5.91 Å². The van der Waals surface area contributed by atoms with Gasteiger partial charge in [0.05, 0.1) is 13.2 Å². The van der Waals surface area contributed by atoms with Crippen LogP contribution in [0.15, 0.2) is 54.6 Å². The normalized spacial score (nSPS) is 12.7. The summed E-state index contributed by atoms with van der Waals surface area (Å²) in [4.78, 5) is 26.9. The first kappa shape index (κ1) is 27.5. The predicted octanol–water partition coefficient (Wildman–Crippen LogP) is 7.14. The highest BCUT2D eigenvalue weighted by molar-refractivity contribution is 6.30. The van der Waals surface area contributed by atoms with Gasteiger partial charge in [0, 0.05) is 41.0 Å². The van der Waals surface area contributed by atoms with Crippen molar-refractivity contribution in [1.82, 2.24) is 0 Å². The fourth-order valence-electron chi connectivity index (χ4n) is 4.56. The third-order valence-corrected chi connectivity index (χ3v) is 7.25. The third-order valence-electron chi connectivity index (χ3n) is 7.00. The summed E-state index contributed by atoms with van der Waals surface area (Å²) in [6.07, 6.45) is 5.14. The van der Waals surface area contributed by atoms with Gasteiger partial charge in [-0.05, 0) is 112 Å². The van der Waals surface area contributed by atoms with E-state index in [4.69, 9.17) is 21.1 Å². The molecular weight excluding hydrogens is 500 g/mol. The number of amides is 2. The first-order valence-electron chi connectivity index (χ1n) is 13.2. The zero-order chi connectivity index (χ0) is 27.1. The van der Waals surface area contributed by atoms with E-state index in [-0.39, 0.29) is 11.8 Å². The minimum Gasteiger partial charge on any atom is -0.494 e. The second kappa shape index (κ2) is 12.8. The molecule has 2 amide bonds. The second-order valence-corrected chi connectivity index (χ2v) is 10.1. The molecule has 0 bridgehead atoms. The average Bonchev–Trinajstić information content (AvgIpc) is 2.92. The van der Waals surface area contributed by atoms with E-state index < -0.39 is 0 Å². The molecule has 0 saturated carbocycles. The Hall–Kier alpha value is -3.51. The van der Waals surface area contributed by atoms with Crippen LogP contribution in [0.1, 0.15) is 59.2 Å². The second-order valence-electron chi connectivity index (χ2n) is 9.69. The summed E-state index contributed by atoms with van der Waals surface area (Å²) < 4.78 is 11.6. The molecular formula is C31H35ClN2O4. The number of anilines is 2. The number of carbonyl (C=O) groups is 2. The highest BCUT2D eigenvalue weighted by Gasteiger charge is 2.26. The van der Waals surface area contributed by atoms with E-state index in [1.165, 1.54) is 0 Å². The number of carbonyl (C=O) groups excluding carboxylic acids is 2. The predicted molar refractivity (Wildman–Crippen MR) is 153 cm³/mol. The number of benzene rings is 3. The molecule has 38 heavy (non-hydrogen) atoms. The van der Waals surface area contributed by atoms with Gasteiger partial charge in [-0.15, -0.1) is 0 Å². The molecule has 0 fully saturated rings. The number of nitrogens with one attached hydrogen (secondary N) is 1. The van der Waals surface area contributed by atoms with Crippen LogP contribution in [-0.2, 0) is 11.2 Å². The Morgan fingerprint density at radius 2 is 1.47 bits per heavy atom. The summed E-state index contributed by atoms with van der Waals surface area (Å²) in [6, 6.07) is 16.7. The van der Waals surface area contributed by atoms with Gasteiger partial charge >= 0.3 is 0 Å². The quantitative estimate of drug-likeness (QED) is 0.265. The van der Waals surface area contributed by atoms with E-state index in [1.54, 1.807) is 24.1 Å². The number of unbranched alkanes of at least 4 members (excludes halogenated alkanes) is 3. The third kappa shape index (κ3) is 6.87. The standard InChI is InChI=1S/C31H35ClN2O4/c1-21-20-28-27(16-17-29(35)34(28)3)30(22(21)2)33-31(36)23-8-12-25(13-9-23)37-18-6-4-5-7-19-38-26-14-10-24(32)11-15-26/h8-15,20H,4-7,16-19H2,1-3H3,(H,33,36). The van der Waals surface area contributed by atoms with Crippen molar-refractivity contribution in [2.75, 3.05) is 30.5 Å². The molecule has 6 nitrogen and oxygen atoms in total. The SMILES string of the molecule is Cc1cc2c(c(NC(=O)c3ccc(OCCCCCCOc4ccc(Cl)cc4)cc3)c1C)CCC(=O)N2C. The average molecular weight is 535 g/mol. The van der Waals surface area contributed by atoms with E-state index in [1.807, 2.05) is 56.3 Å². The van der Waals surface area contributed by atoms with Crippen LogP contribution in [0.25, 0.3) is 0 Å². The lowest BCUT2D eigenvalue weighted by Gasteiger charge is -2.29. The lowest BCUT2D eigenvalue weighted by atomic mass is 9.93. The minimum atomic E-state index is -0.173. The summed E-state index contributed by atoms with van der Waals surface area (Å²) in [5, 5.41) is 3.81. The summed E-state index contributed by atoms with van der Waals surface area (Å²) >= 11 is 5.88. The number of hydrogen-bond acceptors (Lipinski definition) is 4. The van der Waals surface area contributed by atoms with Crippen LogP contribution in [0.2, 0.25) is 5.02 Å². The van der Waals surface area contributed by atoms with Crippen molar-refractivity contribution < 1.29 is 19.1 Å². The van der Waals surface area contributed by atoms with Crippen molar-refractivity contribution in [2.45, 2.75) is 52.4 Å². The van der Waals surface area contributed by atoms with Gasteiger partial charge in [-0.3, -0.25) is 9.59 Å². The Bertz CT molecular complexity index is 1270. The molecule has 1 N–H and O–H groups in total. The lowest BCUT2D eigenvalue weighted by Crippen LogP contribution is -2.32. The topological polar surface area (TPSA) is 67.9 Å². The molecule has 0 aliphatic carbocycles. The van der Waals surface area contributed by atoms with Crippen LogP contribution in [0.3, 0.4) is 0 Å². The van der Waals surface area contributed by atoms with Crippen LogP contribution in [0, 0.1) is 13.8 Å². The maximum atomic E-state index is 13.1. The summed E-state index contributed by atoms with van der Waals surface area (Å²) in [5.41, 5.74) is 5.32. The number of aryl methyl sites for hydroxylation is 1. The number of ether oxygens (including phenoxy) is 2. The van der Waals surface area contributed by atoms with Crippen LogP contribution in [0.5, 0.6) is 11.5 Å². The molecule has 4 rings (SSSR count). The Morgan fingerprint density at radius 1 is 0.895 bits per heavy atom. The van der Waals surface area contributed by atoms with Gasteiger partial charge in [0.15, 0.2) is 0 Å². The molecule has 0 spiro atoms. The Morgan fingerprint density at radius 3 is 2.08 bits per heavy atom. The van der Waals surface area contributed by atoms with E-state index in [9.17, 15) is 9.59 Å². The molecule has 0 saturated heterocycles. The molecule has 0 aromatic heterocycles. The molecule has 0 radical (unpaired) electrons. The first-order chi connectivity index (χ1) is 18.3. The van der Waals surface area contributed by atoms with Crippen molar-refractivity contribution in [3.05, 3.63) is 81.9 Å². The molecule has 1 aliphatic rings. The molecule has 3 aromatic carbocycles. The van der Waals surface area contributed by atoms with E-state index in [2.05, 4.69) is 5.32 Å². The van der Waals surface area contributed by atoms with Gasteiger partial charge in [-0.25, -0.2) is 0 Å².